The topological polar surface area (TPSA) is 46.9 Å². The third-order valence-electron chi connectivity index (χ3n) is 4.66. The molecule has 0 fully saturated rings. The van der Waals surface area contributed by atoms with Gasteiger partial charge in [-0.25, -0.2) is 0 Å². The lowest BCUT2D eigenvalue weighted by molar-refractivity contribution is -0.123. The zero-order valence-electron chi connectivity index (χ0n) is 15.1. The average Bonchev–Trinajstić information content (AvgIpc) is 3.36. The van der Waals surface area contributed by atoms with Crippen LogP contribution in [0.3, 0.4) is 0 Å². The van der Waals surface area contributed by atoms with Gasteiger partial charge in [-0.2, -0.15) is 5.10 Å². The van der Waals surface area contributed by atoms with Gasteiger partial charge in [0, 0.05) is 22.4 Å². The van der Waals surface area contributed by atoms with Crippen LogP contribution in [0.1, 0.15) is 17.8 Å². The molecule has 0 saturated heterocycles. The number of amides is 1. The van der Waals surface area contributed by atoms with E-state index in [1.165, 1.54) is 4.88 Å². The van der Waals surface area contributed by atoms with E-state index in [1.807, 2.05) is 66.2 Å². The number of para-hydroxylation sites is 1. The number of thiophene rings is 1. The Morgan fingerprint density at radius 2 is 1.85 bits per heavy atom. The molecule has 0 aliphatic heterocycles. The zero-order chi connectivity index (χ0) is 18.6. The van der Waals surface area contributed by atoms with Gasteiger partial charge in [0.15, 0.2) is 0 Å². The quantitative estimate of drug-likeness (QED) is 0.532. The largest absolute Gasteiger partial charge is 0.354 e. The number of rotatable bonds is 6. The molecule has 0 bridgehead atoms. The van der Waals surface area contributed by atoms with Gasteiger partial charge in [-0.05, 0) is 30.9 Å². The fourth-order valence-corrected chi connectivity index (χ4v) is 3.93. The number of hydrogen-bond donors (Lipinski definition) is 1. The van der Waals surface area contributed by atoms with E-state index in [0.717, 1.165) is 28.6 Å². The third kappa shape index (κ3) is 3.64. The standard InChI is InChI=1S/C22H21N3OS/c1-16(22(26)23-14-13-18-10-7-15-27-18)25-20-12-6-5-11-19(20)21(24-25)17-8-3-2-4-9-17/h2-12,15-16H,13-14H2,1H3,(H,23,26)/t16-/m0/s1. The van der Waals surface area contributed by atoms with Crippen LogP contribution in [0.4, 0.5) is 0 Å². The summed E-state index contributed by atoms with van der Waals surface area (Å²) in [5.74, 6) is -0.0144. The van der Waals surface area contributed by atoms with Crippen LogP contribution in [0, 0.1) is 0 Å². The summed E-state index contributed by atoms with van der Waals surface area (Å²) in [5, 5.41) is 10.9. The van der Waals surface area contributed by atoms with Crippen molar-refractivity contribution in [2.24, 2.45) is 0 Å². The van der Waals surface area contributed by atoms with Crippen molar-refractivity contribution >= 4 is 28.1 Å². The number of carbonyl (C=O) groups is 1. The summed E-state index contributed by atoms with van der Waals surface area (Å²) in [6, 6.07) is 21.9. The highest BCUT2D eigenvalue weighted by molar-refractivity contribution is 7.09. The highest BCUT2D eigenvalue weighted by Gasteiger charge is 2.20. The molecule has 4 nitrogen and oxygen atoms in total. The van der Waals surface area contributed by atoms with Gasteiger partial charge in [0.1, 0.15) is 11.7 Å². The molecular formula is C22H21N3OS. The second-order valence-electron chi connectivity index (χ2n) is 6.47. The molecule has 4 rings (SSSR count). The van der Waals surface area contributed by atoms with E-state index in [1.54, 1.807) is 11.3 Å². The van der Waals surface area contributed by atoms with E-state index < -0.39 is 0 Å². The molecule has 2 aromatic heterocycles. The van der Waals surface area contributed by atoms with Gasteiger partial charge in [-0.3, -0.25) is 9.48 Å². The van der Waals surface area contributed by atoms with Crippen LogP contribution >= 0.6 is 11.3 Å². The normalized spacial score (nSPS) is 12.2. The number of nitrogens with zero attached hydrogens (tertiary/aromatic N) is 2. The highest BCUT2D eigenvalue weighted by Crippen LogP contribution is 2.29. The Balaban J connectivity index is 1.58. The minimum atomic E-state index is -0.379. The van der Waals surface area contributed by atoms with E-state index in [4.69, 9.17) is 5.10 Å². The molecule has 27 heavy (non-hydrogen) atoms. The van der Waals surface area contributed by atoms with E-state index in [9.17, 15) is 4.79 Å². The van der Waals surface area contributed by atoms with E-state index in [0.29, 0.717) is 6.54 Å². The smallest absolute Gasteiger partial charge is 0.244 e. The van der Waals surface area contributed by atoms with Crippen LogP contribution < -0.4 is 5.32 Å². The Bertz CT molecular complexity index is 1040. The summed E-state index contributed by atoms with van der Waals surface area (Å²) in [7, 11) is 0. The molecule has 0 aliphatic rings. The second-order valence-corrected chi connectivity index (χ2v) is 7.50. The van der Waals surface area contributed by atoms with Gasteiger partial charge in [0.25, 0.3) is 0 Å². The molecular weight excluding hydrogens is 354 g/mol. The van der Waals surface area contributed by atoms with Crippen LogP contribution in [0.5, 0.6) is 0 Å². The third-order valence-corrected chi connectivity index (χ3v) is 5.59. The molecule has 0 saturated carbocycles. The van der Waals surface area contributed by atoms with Crippen LogP contribution in [0.25, 0.3) is 22.2 Å². The number of aromatic nitrogens is 2. The first kappa shape index (κ1) is 17.5. The fraction of sp³-hybridized carbons (Fsp3) is 0.182. The van der Waals surface area contributed by atoms with Gasteiger partial charge < -0.3 is 5.32 Å². The van der Waals surface area contributed by atoms with Gasteiger partial charge in [0.05, 0.1) is 5.52 Å². The SMILES string of the molecule is C[C@@H](C(=O)NCCc1cccs1)n1nc(-c2ccccc2)c2ccccc21. The Morgan fingerprint density at radius 1 is 1.07 bits per heavy atom. The molecule has 0 spiro atoms. The Morgan fingerprint density at radius 3 is 2.63 bits per heavy atom. The van der Waals surface area contributed by atoms with E-state index >= 15 is 0 Å². The number of benzene rings is 2. The van der Waals surface area contributed by atoms with Crippen molar-refractivity contribution < 1.29 is 4.79 Å². The van der Waals surface area contributed by atoms with Crippen molar-refractivity contribution in [2.45, 2.75) is 19.4 Å². The second kappa shape index (κ2) is 7.76. The first-order valence-corrected chi connectivity index (χ1v) is 9.95. The lowest BCUT2D eigenvalue weighted by atomic mass is 10.1. The maximum atomic E-state index is 12.7. The van der Waals surface area contributed by atoms with Crippen LogP contribution in [0.15, 0.2) is 72.1 Å². The molecule has 1 amide bonds. The summed E-state index contributed by atoms with van der Waals surface area (Å²) in [4.78, 5) is 14.0. The zero-order valence-corrected chi connectivity index (χ0v) is 15.9. The van der Waals surface area contributed by atoms with Crippen molar-refractivity contribution in [1.29, 1.82) is 0 Å². The molecule has 2 aromatic carbocycles. The maximum absolute atomic E-state index is 12.7. The number of carbonyl (C=O) groups excluding carboxylic acids is 1. The van der Waals surface area contributed by atoms with Gasteiger partial charge in [-0.15, -0.1) is 11.3 Å². The number of nitrogens with one attached hydrogen (secondary N) is 1. The maximum Gasteiger partial charge on any atom is 0.244 e. The van der Waals surface area contributed by atoms with Crippen LogP contribution in [-0.2, 0) is 11.2 Å². The lowest BCUT2D eigenvalue weighted by Crippen LogP contribution is -2.32. The Hall–Kier alpha value is -2.92. The predicted octanol–water partition coefficient (Wildman–Crippen LogP) is 4.68. The first-order chi connectivity index (χ1) is 13.2. The highest BCUT2D eigenvalue weighted by atomic mass is 32.1. The van der Waals surface area contributed by atoms with E-state index in [2.05, 4.69) is 22.8 Å². The molecule has 5 heteroatoms. The summed E-state index contributed by atoms with van der Waals surface area (Å²) in [6.45, 7) is 2.53. The predicted molar refractivity (Wildman–Crippen MR) is 111 cm³/mol. The van der Waals surface area contributed by atoms with Gasteiger partial charge >= 0.3 is 0 Å². The molecule has 0 radical (unpaired) electrons. The summed E-state index contributed by atoms with van der Waals surface area (Å²) in [5.41, 5.74) is 2.93. The fourth-order valence-electron chi connectivity index (χ4n) is 3.22. The molecule has 136 valence electrons. The first-order valence-electron chi connectivity index (χ1n) is 9.07. The van der Waals surface area contributed by atoms with E-state index in [-0.39, 0.29) is 11.9 Å². The number of hydrogen-bond acceptors (Lipinski definition) is 3. The average molecular weight is 375 g/mol. The summed E-state index contributed by atoms with van der Waals surface area (Å²) in [6.07, 6.45) is 0.852. The minimum absolute atomic E-state index is 0.0144. The molecule has 2 heterocycles. The van der Waals surface area contributed by atoms with Crippen molar-refractivity contribution in [3.05, 3.63) is 77.0 Å². The van der Waals surface area contributed by atoms with Crippen LogP contribution in [-0.4, -0.2) is 22.2 Å². The van der Waals surface area contributed by atoms with Gasteiger partial charge in [-0.1, -0.05) is 54.6 Å². The van der Waals surface area contributed by atoms with Crippen molar-refractivity contribution in [1.82, 2.24) is 15.1 Å². The Labute approximate surface area is 162 Å². The summed E-state index contributed by atoms with van der Waals surface area (Å²) < 4.78 is 1.83. The van der Waals surface area contributed by atoms with Crippen molar-refractivity contribution in [3.63, 3.8) is 0 Å². The lowest BCUT2D eigenvalue weighted by Gasteiger charge is -2.13. The number of fused-ring (bicyclic) bond motifs is 1. The van der Waals surface area contributed by atoms with Crippen molar-refractivity contribution in [2.75, 3.05) is 6.54 Å². The molecule has 0 unspecified atom stereocenters. The summed E-state index contributed by atoms with van der Waals surface area (Å²) >= 11 is 1.71. The van der Waals surface area contributed by atoms with Gasteiger partial charge in [0.2, 0.25) is 5.91 Å². The minimum Gasteiger partial charge on any atom is -0.354 e. The monoisotopic (exact) mass is 375 g/mol. The molecule has 4 aromatic rings. The molecule has 0 aliphatic carbocycles. The van der Waals surface area contributed by atoms with Crippen molar-refractivity contribution in [3.8, 4) is 11.3 Å². The van der Waals surface area contributed by atoms with Crippen LogP contribution in [0.2, 0.25) is 0 Å². The molecule has 1 atom stereocenters. The molecule has 1 N–H and O–H groups in total. The Kier molecular flexibility index (Phi) is 5.03.